The Morgan fingerprint density at radius 2 is 2.08 bits per heavy atom. The summed E-state index contributed by atoms with van der Waals surface area (Å²) in [4.78, 5) is 21.7. The van der Waals surface area contributed by atoms with Crippen molar-refractivity contribution in [3.63, 3.8) is 0 Å². The van der Waals surface area contributed by atoms with E-state index < -0.39 is 47.1 Å². The predicted octanol–water partition coefficient (Wildman–Crippen LogP) is -5.78. The van der Waals surface area contributed by atoms with Crippen LogP contribution in [0.1, 0.15) is 6.23 Å². The minimum Gasteiger partial charge on any atom is -0.726 e. The molecule has 0 unspecified atom stereocenters. The number of imidazole rings is 1. The average Bonchev–Trinajstić information content (AvgIpc) is 3.01. The molecule has 3 N–H and O–H groups in total. The third-order valence-electron chi connectivity index (χ3n) is 3.35. The molecule has 2 aromatic heterocycles. The smallest absolute Gasteiger partial charge is 0.726 e. The van der Waals surface area contributed by atoms with Gasteiger partial charge in [0.05, 0.1) is 19.3 Å². The first-order valence-corrected chi connectivity index (χ1v) is 7.63. The molecule has 0 bridgehead atoms. The standard InChI is InChI=1S/C10H12N4O8S.Na/c15-6-4(1-21-23(18,19)20)22-10(7(6)16)14-3-13-5-8(14)11-2-12-9(5)17;/h2-4,6-7,10,15-16H,1H2,(H,11,12,17)(H,18,19,20);/q;+1/p-1/t4-,6-,7-,10-;/m1./s1. The van der Waals surface area contributed by atoms with Gasteiger partial charge in [0, 0.05) is 0 Å². The van der Waals surface area contributed by atoms with Gasteiger partial charge in [0.25, 0.3) is 5.56 Å². The second-order valence-electron chi connectivity index (χ2n) is 4.79. The number of aliphatic hydroxyl groups excluding tert-OH is 2. The summed E-state index contributed by atoms with van der Waals surface area (Å²) >= 11 is 0. The van der Waals surface area contributed by atoms with Crippen LogP contribution in [0.2, 0.25) is 0 Å². The van der Waals surface area contributed by atoms with E-state index in [9.17, 15) is 28.0 Å². The number of nitrogens with one attached hydrogen (secondary N) is 1. The fraction of sp³-hybridized carbons (Fsp3) is 0.500. The van der Waals surface area contributed by atoms with Gasteiger partial charge in [-0.2, -0.15) is 0 Å². The zero-order valence-electron chi connectivity index (χ0n) is 12.3. The molecule has 0 aromatic carbocycles. The summed E-state index contributed by atoms with van der Waals surface area (Å²) in [7, 11) is -4.96. The van der Waals surface area contributed by atoms with Crippen LogP contribution < -0.4 is 35.1 Å². The van der Waals surface area contributed by atoms with Crippen molar-refractivity contribution >= 4 is 21.6 Å². The largest absolute Gasteiger partial charge is 1.00 e. The van der Waals surface area contributed by atoms with Crippen molar-refractivity contribution in [3.05, 3.63) is 23.0 Å². The molecule has 0 amide bonds. The number of hydrogen-bond donors (Lipinski definition) is 3. The molecule has 3 rings (SSSR count). The van der Waals surface area contributed by atoms with Gasteiger partial charge in [0.2, 0.25) is 10.4 Å². The molecule has 24 heavy (non-hydrogen) atoms. The van der Waals surface area contributed by atoms with Crippen molar-refractivity contribution in [3.8, 4) is 0 Å². The molecule has 1 aliphatic rings. The Morgan fingerprint density at radius 1 is 1.38 bits per heavy atom. The zero-order valence-corrected chi connectivity index (χ0v) is 15.1. The number of aromatic nitrogens is 4. The Morgan fingerprint density at radius 3 is 2.75 bits per heavy atom. The van der Waals surface area contributed by atoms with Crippen LogP contribution in [-0.4, -0.2) is 67.6 Å². The number of fused-ring (bicyclic) bond motifs is 1. The number of aliphatic hydroxyl groups is 2. The predicted molar refractivity (Wildman–Crippen MR) is 69.7 cm³/mol. The fourth-order valence-electron chi connectivity index (χ4n) is 2.30. The van der Waals surface area contributed by atoms with Gasteiger partial charge in [-0.15, -0.1) is 0 Å². The van der Waals surface area contributed by atoms with E-state index in [-0.39, 0.29) is 40.7 Å². The molecule has 1 fully saturated rings. The molecule has 0 saturated carbocycles. The normalized spacial score (nSPS) is 27.3. The number of aromatic amines is 1. The van der Waals surface area contributed by atoms with Crippen molar-refractivity contribution in [1.29, 1.82) is 0 Å². The Balaban J connectivity index is 0.00000208. The maximum atomic E-state index is 11.6. The van der Waals surface area contributed by atoms with E-state index in [2.05, 4.69) is 19.1 Å². The number of rotatable bonds is 4. The van der Waals surface area contributed by atoms with Crippen LogP contribution in [0.15, 0.2) is 17.4 Å². The summed E-state index contributed by atoms with van der Waals surface area (Å²) < 4.78 is 41.9. The number of nitrogens with zero attached hydrogens (tertiary/aromatic N) is 3. The van der Waals surface area contributed by atoms with Crippen molar-refractivity contribution in [1.82, 2.24) is 19.5 Å². The summed E-state index contributed by atoms with van der Waals surface area (Å²) in [6.45, 7) is -0.763. The van der Waals surface area contributed by atoms with Gasteiger partial charge in [-0.3, -0.25) is 13.5 Å². The molecular weight excluding hydrogens is 359 g/mol. The van der Waals surface area contributed by atoms with Crippen molar-refractivity contribution in [2.75, 3.05) is 6.61 Å². The maximum Gasteiger partial charge on any atom is 1.00 e. The summed E-state index contributed by atoms with van der Waals surface area (Å²) in [5.74, 6) is 0. The molecule has 0 spiro atoms. The van der Waals surface area contributed by atoms with E-state index in [4.69, 9.17) is 4.74 Å². The molecule has 126 valence electrons. The van der Waals surface area contributed by atoms with Crippen LogP contribution in [-0.2, 0) is 19.3 Å². The summed E-state index contributed by atoms with van der Waals surface area (Å²) in [5.41, 5.74) is -0.401. The second-order valence-corrected chi connectivity index (χ2v) is 5.85. The van der Waals surface area contributed by atoms with Crippen LogP contribution in [0.5, 0.6) is 0 Å². The van der Waals surface area contributed by atoms with Crippen LogP contribution >= 0.6 is 0 Å². The zero-order chi connectivity index (χ0) is 16.8. The quantitative estimate of drug-likeness (QED) is 0.266. The number of ether oxygens (including phenoxy) is 1. The SMILES string of the molecule is O=c1[nH]cnc2c1ncn2[C@@H]1O[C@H](COS(=O)(=O)[O-])[C@@H](O)[C@H]1O.[Na+]. The summed E-state index contributed by atoms with van der Waals surface area (Å²) in [6, 6.07) is 0. The number of H-pyrrole nitrogens is 1. The first kappa shape index (κ1) is 19.4. The van der Waals surface area contributed by atoms with Gasteiger partial charge in [0.1, 0.15) is 18.3 Å². The molecule has 0 aliphatic carbocycles. The second kappa shape index (κ2) is 7.15. The van der Waals surface area contributed by atoms with Crippen LogP contribution in [0.4, 0.5) is 0 Å². The third kappa shape index (κ3) is 3.68. The van der Waals surface area contributed by atoms with Crippen molar-refractivity contribution in [2.45, 2.75) is 24.5 Å². The minimum absolute atomic E-state index is 0. The van der Waals surface area contributed by atoms with E-state index in [0.717, 1.165) is 6.33 Å². The van der Waals surface area contributed by atoms with E-state index >= 15 is 0 Å². The summed E-state index contributed by atoms with van der Waals surface area (Å²) in [6.07, 6.45) is -3.13. The molecule has 1 aliphatic heterocycles. The molecule has 1 saturated heterocycles. The van der Waals surface area contributed by atoms with E-state index in [0.29, 0.717) is 0 Å². The van der Waals surface area contributed by atoms with Crippen LogP contribution in [0, 0.1) is 0 Å². The molecule has 12 nitrogen and oxygen atoms in total. The van der Waals surface area contributed by atoms with Gasteiger partial charge >= 0.3 is 29.6 Å². The monoisotopic (exact) mass is 370 g/mol. The molecule has 4 atom stereocenters. The fourth-order valence-corrected chi connectivity index (χ4v) is 2.60. The molecule has 14 heteroatoms. The van der Waals surface area contributed by atoms with Gasteiger partial charge in [-0.1, -0.05) is 0 Å². The first-order chi connectivity index (χ1) is 10.8. The molecule has 0 radical (unpaired) electrons. The van der Waals surface area contributed by atoms with Crippen LogP contribution in [0.3, 0.4) is 0 Å². The molecule has 3 heterocycles. The van der Waals surface area contributed by atoms with E-state index in [1.807, 2.05) is 0 Å². The molecular formula is C10H11N4NaO8S. The van der Waals surface area contributed by atoms with Gasteiger partial charge in [-0.05, 0) is 0 Å². The Labute approximate surface area is 156 Å². The Bertz CT molecular complexity index is 882. The topological polar surface area (TPSA) is 180 Å². The van der Waals surface area contributed by atoms with Gasteiger partial charge in [-0.25, -0.2) is 18.4 Å². The van der Waals surface area contributed by atoms with E-state index in [1.165, 1.54) is 10.9 Å². The van der Waals surface area contributed by atoms with E-state index in [1.54, 1.807) is 0 Å². The van der Waals surface area contributed by atoms with Gasteiger partial charge in [0.15, 0.2) is 17.4 Å². The van der Waals surface area contributed by atoms with Crippen LogP contribution in [0.25, 0.3) is 11.2 Å². The number of hydrogen-bond acceptors (Lipinski definition) is 10. The average molecular weight is 370 g/mol. The van der Waals surface area contributed by atoms with Crippen molar-refractivity contribution < 1.29 is 61.7 Å². The minimum atomic E-state index is -4.96. The Hall–Kier alpha value is -0.900. The first-order valence-electron chi connectivity index (χ1n) is 6.30. The molecule has 2 aromatic rings. The van der Waals surface area contributed by atoms with Gasteiger partial charge < -0.3 is 24.5 Å². The summed E-state index contributed by atoms with van der Waals surface area (Å²) in [5, 5.41) is 19.9. The maximum absolute atomic E-state index is 11.6. The Kier molecular flexibility index (Phi) is 5.79. The third-order valence-corrected chi connectivity index (χ3v) is 3.78. The van der Waals surface area contributed by atoms with Crippen molar-refractivity contribution in [2.24, 2.45) is 0 Å².